The molecule has 2 aliphatic rings. The number of hydrogen-bond donors (Lipinski definition) is 1. The fourth-order valence-electron chi connectivity index (χ4n) is 2.11. The summed E-state index contributed by atoms with van der Waals surface area (Å²) in [7, 11) is 0. The summed E-state index contributed by atoms with van der Waals surface area (Å²) in [5.41, 5.74) is 1.03. The molecule has 0 saturated heterocycles. The second-order valence-corrected chi connectivity index (χ2v) is 5.75. The normalized spacial score (nSPS) is 17.9. The standard InChI is InChI=1S/C15H18N4O2/c1-2-10(1)15-18-14(19-21-15)9-20-13-6-5-12(17-8-13)7-16-11-3-4-11/h5-6,8,10-11,16H,1-4,7,9H2. The average molecular weight is 286 g/mol. The summed E-state index contributed by atoms with van der Waals surface area (Å²) >= 11 is 0. The lowest BCUT2D eigenvalue weighted by atomic mass is 10.3. The molecular weight excluding hydrogens is 268 g/mol. The van der Waals surface area contributed by atoms with Crippen LogP contribution in [-0.4, -0.2) is 21.2 Å². The monoisotopic (exact) mass is 286 g/mol. The molecule has 6 nitrogen and oxygen atoms in total. The SMILES string of the molecule is c1cc(CNC2CC2)ncc1OCc1noc(C2CC2)n1. The van der Waals surface area contributed by atoms with Crippen molar-refractivity contribution in [2.75, 3.05) is 0 Å². The van der Waals surface area contributed by atoms with Crippen LogP contribution >= 0.6 is 0 Å². The Morgan fingerprint density at radius 2 is 2.14 bits per heavy atom. The summed E-state index contributed by atoms with van der Waals surface area (Å²) in [4.78, 5) is 8.71. The molecule has 2 saturated carbocycles. The van der Waals surface area contributed by atoms with E-state index in [-0.39, 0.29) is 0 Å². The molecule has 2 heterocycles. The van der Waals surface area contributed by atoms with Gasteiger partial charge in [-0.15, -0.1) is 0 Å². The van der Waals surface area contributed by atoms with Gasteiger partial charge in [-0.2, -0.15) is 4.98 Å². The molecule has 2 aliphatic carbocycles. The Morgan fingerprint density at radius 1 is 1.24 bits per heavy atom. The van der Waals surface area contributed by atoms with Gasteiger partial charge < -0.3 is 14.6 Å². The van der Waals surface area contributed by atoms with E-state index in [0.29, 0.717) is 24.4 Å². The van der Waals surface area contributed by atoms with Gasteiger partial charge >= 0.3 is 0 Å². The first-order valence-corrected chi connectivity index (χ1v) is 7.50. The maximum Gasteiger partial charge on any atom is 0.229 e. The Balaban J connectivity index is 1.28. The molecule has 0 unspecified atom stereocenters. The lowest BCUT2D eigenvalue weighted by Gasteiger charge is -2.05. The van der Waals surface area contributed by atoms with Crippen LogP contribution in [-0.2, 0) is 13.2 Å². The number of pyridine rings is 1. The van der Waals surface area contributed by atoms with Crippen molar-refractivity contribution in [2.45, 2.75) is 50.8 Å². The molecule has 0 radical (unpaired) electrons. The van der Waals surface area contributed by atoms with Crippen LogP contribution in [0.3, 0.4) is 0 Å². The molecule has 0 aromatic carbocycles. The van der Waals surface area contributed by atoms with E-state index in [1.165, 1.54) is 12.8 Å². The van der Waals surface area contributed by atoms with E-state index in [0.717, 1.165) is 36.7 Å². The molecule has 2 aromatic heterocycles. The summed E-state index contributed by atoms with van der Waals surface area (Å²) in [6.07, 6.45) is 6.63. The third kappa shape index (κ3) is 3.39. The van der Waals surface area contributed by atoms with Crippen LogP contribution in [0.15, 0.2) is 22.9 Å². The molecule has 2 fully saturated rings. The van der Waals surface area contributed by atoms with Gasteiger partial charge in [0, 0.05) is 18.5 Å². The molecule has 2 aromatic rings. The van der Waals surface area contributed by atoms with Crippen molar-refractivity contribution in [1.29, 1.82) is 0 Å². The van der Waals surface area contributed by atoms with Gasteiger partial charge in [-0.3, -0.25) is 4.98 Å². The summed E-state index contributed by atoms with van der Waals surface area (Å²) in [6.45, 7) is 1.14. The lowest BCUT2D eigenvalue weighted by Crippen LogP contribution is -2.16. The molecule has 0 atom stereocenters. The predicted molar refractivity (Wildman–Crippen MR) is 74.7 cm³/mol. The highest BCUT2D eigenvalue weighted by Crippen LogP contribution is 2.38. The summed E-state index contributed by atoms with van der Waals surface area (Å²) in [5, 5.41) is 7.36. The van der Waals surface area contributed by atoms with Crippen LogP contribution in [0, 0.1) is 0 Å². The lowest BCUT2D eigenvalue weighted by molar-refractivity contribution is 0.284. The molecule has 6 heteroatoms. The first-order valence-electron chi connectivity index (χ1n) is 7.50. The number of rotatable bonds is 7. The van der Waals surface area contributed by atoms with Gasteiger partial charge in [-0.25, -0.2) is 0 Å². The van der Waals surface area contributed by atoms with E-state index in [1.54, 1.807) is 6.20 Å². The molecule has 0 aliphatic heterocycles. The van der Waals surface area contributed by atoms with Crippen LogP contribution in [0.2, 0.25) is 0 Å². The third-order valence-electron chi connectivity index (χ3n) is 3.73. The minimum atomic E-state index is 0.317. The van der Waals surface area contributed by atoms with Crippen molar-refractivity contribution in [1.82, 2.24) is 20.4 Å². The van der Waals surface area contributed by atoms with Crippen molar-refractivity contribution >= 4 is 0 Å². The molecule has 0 amide bonds. The molecule has 0 bridgehead atoms. The average Bonchev–Trinajstić information content (AvgIpc) is 3.44. The Kier molecular flexibility index (Phi) is 3.31. The van der Waals surface area contributed by atoms with Gasteiger partial charge in [-0.05, 0) is 37.8 Å². The number of aromatic nitrogens is 3. The van der Waals surface area contributed by atoms with Crippen molar-refractivity contribution in [3.63, 3.8) is 0 Å². The van der Waals surface area contributed by atoms with Crippen molar-refractivity contribution in [3.8, 4) is 5.75 Å². The fourth-order valence-corrected chi connectivity index (χ4v) is 2.11. The topological polar surface area (TPSA) is 73.1 Å². The molecule has 21 heavy (non-hydrogen) atoms. The minimum absolute atomic E-state index is 0.317. The van der Waals surface area contributed by atoms with Gasteiger partial charge in [0.1, 0.15) is 5.75 Å². The van der Waals surface area contributed by atoms with Crippen LogP contribution in [0.5, 0.6) is 5.75 Å². The van der Waals surface area contributed by atoms with Crippen LogP contribution in [0.1, 0.15) is 49.0 Å². The van der Waals surface area contributed by atoms with E-state index in [4.69, 9.17) is 9.26 Å². The number of ether oxygens (including phenoxy) is 1. The van der Waals surface area contributed by atoms with Crippen molar-refractivity contribution in [2.24, 2.45) is 0 Å². The van der Waals surface area contributed by atoms with Gasteiger partial charge in [0.25, 0.3) is 0 Å². The first-order chi connectivity index (χ1) is 10.4. The highest BCUT2D eigenvalue weighted by atomic mass is 16.5. The Bertz CT molecular complexity index is 602. The number of nitrogens with one attached hydrogen (secondary N) is 1. The zero-order valence-corrected chi connectivity index (χ0v) is 11.8. The Morgan fingerprint density at radius 3 is 2.86 bits per heavy atom. The molecule has 4 rings (SSSR count). The molecule has 110 valence electrons. The quantitative estimate of drug-likeness (QED) is 0.841. The summed E-state index contributed by atoms with van der Waals surface area (Å²) in [5.74, 6) is 2.54. The number of hydrogen-bond acceptors (Lipinski definition) is 6. The smallest absolute Gasteiger partial charge is 0.229 e. The van der Waals surface area contributed by atoms with Gasteiger partial charge in [0.15, 0.2) is 6.61 Å². The zero-order valence-electron chi connectivity index (χ0n) is 11.8. The largest absolute Gasteiger partial charge is 0.484 e. The first kappa shape index (κ1) is 12.8. The van der Waals surface area contributed by atoms with E-state index in [2.05, 4.69) is 20.4 Å². The van der Waals surface area contributed by atoms with Gasteiger partial charge in [-0.1, -0.05) is 5.16 Å². The Labute approximate surface area is 122 Å². The third-order valence-corrected chi connectivity index (χ3v) is 3.73. The van der Waals surface area contributed by atoms with Crippen LogP contribution in [0.4, 0.5) is 0 Å². The predicted octanol–water partition coefficient (Wildman–Crippen LogP) is 2.17. The van der Waals surface area contributed by atoms with Crippen LogP contribution in [0.25, 0.3) is 0 Å². The summed E-state index contributed by atoms with van der Waals surface area (Å²) < 4.78 is 10.8. The fraction of sp³-hybridized carbons (Fsp3) is 0.533. The van der Waals surface area contributed by atoms with Crippen molar-refractivity contribution in [3.05, 3.63) is 35.7 Å². The van der Waals surface area contributed by atoms with E-state index >= 15 is 0 Å². The van der Waals surface area contributed by atoms with Crippen molar-refractivity contribution < 1.29 is 9.26 Å². The van der Waals surface area contributed by atoms with E-state index in [1.807, 2.05) is 12.1 Å². The van der Waals surface area contributed by atoms with E-state index in [9.17, 15) is 0 Å². The van der Waals surface area contributed by atoms with Gasteiger partial charge in [0.05, 0.1) is 11.9 Å². The minimum Gasteiger partial charge on any atom is -0.484 e. The maximum atomic E-state index is 5.63. The maximum absolute atomic E-state index is 5.63. The van der Waals surface area contributed by atoms with Gasteiger partial charge in [0.2, 0.25) is 11.7 Å². The highest BCUT2D eigenvalue weighted by Gasteiger charge is 2.29. The molecular formula is C15H18N4O2. The van der Waals surface area contributed by atoms with E-state index < -0.39 is 0 Å². The summed E-state index contributed by atoms with van der Waals surface area (Å²) in [6, 6.07) is 4.61. The molecule has 0 spiro atoms. The second-order valence-electron chi connectivity index (χ2n) is 5.75. The zero-order chi connectivity index (χ0) is 14.1. The highest BCUT2D eigenvalue weighted by molar-refractivity contribution is 5.20. The van der Waals surface area contributed by atoms with Crippen LogP contribution < -0.4 is 10.1 Å². The number of nitrogens with zero attached hydrogens (tertiary/aromatic N) is 3. The Hall–Kier alpha value is -1.95. The second kappa shape index (κ2) is 5.44. The molecule has 1 N–H and O–H groups in total.